The molecule has 0 unspecified atom stereocenters. The van der Waals surface area contributed by atoms with Crippen LogP contribution >= 0.6 is 11.8 Å². The summed E-state index contributed by atoms with van der Waals surface area (Å²) in [6.45, 7) is 4.43. The normalized spacial score (nSPS) is 17.6. The molecule has 3 aromatic heterocycles. The van der Waals surface area contributed by atoms with Crippen LogP contribution in [-0.4, -0.2) is 50.3 Å². The van der Waals surface area contributed by atoms with Gasteiger partial charge in [-0.15, -0.1) is 10.2 Å². The highest BCUT2D eigenvalue weighted by Crippen LogP contribution is 2.42. The molecule has 1 aliphatic carbocycles. The van der Waals surface area contributed by atoms with Crippen molar-refractivity contribution in [1.82, 2.24) is 24.1 Å². The molecule has 5 rings (SSSR count). The standard InChI is InChI=1S/C21H26N6O2S/c1-14-7-10-25(11-8-14)20-23-24-21(27(20)16-5-6-16)30-13-15-12-26-9-3-4-17(18(26)22-15)19(28)29-2/h3-4,9,12,14,16H,5-8,10-11,13H2,1-2H3. The second-order valence-corrected chi connectivity index (χ2v) is 9.16. The third kappa shape index (κ3) is 3.66. The van der Waals surface area contributed by atoms with E-state index in [9.17, 15) is 4.79 Å². The molecule has 0 radical (unpaired) electrons. The number of carbonyl (C=O) groups is 1. The Balaban J connectivity index is 1.36. The van der Waals surface area contributed by atoms with Gasteiger partial charge < -0.3 is 14.0 Å². The highest BCUT2D eigenvalue weighted by atomic mass is 32.2. The molecule has 0 aromatic carbocycles. The van der Waals surface area contributed by atoms with Crippen molar-refractivity contribution in [2.24, 2.45) is 5.92 Å². The molecule has 2 aliphatic rings. The summed E-state index contributed by atoms with van der Waals surface area (Å²) in [5.41, 5.74) is 1.99. The molecule has 1 aliphatic heterocycles. The quantitative estimate of drug-likeness (QED) is 0.440. The van der Waals surface area contributed by atoms with Crippen molar-refractivity contribution in [2.75, 3.05) is 25.1 Å². The van der Waals surface area contributed by atoms with E-state index in [1.165, 1.54) is 32.8 Å². The van der Waals surface area contributed by atoms with E-state index >= 15 is 0 Å². The fourth-order valence-electron chi connectivity index (χ4n) is 3.99. The van der Waals surface area contributed by atoms with Gasteiger partial charge in [0, 0.05) is 37.3 Å². The summed E-state index contributed by atoms with van der Waals surface area (Å²) < 4.78 is 9.07. The van der Waals surface area contributed by atoms with E-state index in [-0.39, 0.29) is 5.97 Å². The number of hydrogen-bond donors (Lipinski definition) is 0. The maximum absolute atomic E-state index is 12.0. The van der Waals surface area contributed by atoms with Crippen molar-refractivity contribution in [2.45, 2.75) is 49.6 Å². The Labute approximate surface area is 179 Å². The van der Waals surface area contributed by atoms with Gasteiger partial charge in [-0.05, 0) is 43.7 Å². The Hall–Kier alpha value is -2.55. The second kappa shape index (κ2) is 7.94. The van der Waals surface area contributed by atoms with E-state index in [1.54, 1.807) is 17.8 Å². The number of imidazole rings is 1. The summed E-state index contributed by atoms with van der Waals surface area (Å²) >= 11 is 1.66. The molecule has 1 saturated heterocycles. The molecule has 3 aromatic rings. The number of anilines is 1. The van der Waals surface area contributed by atoms with Crippen LogP contribution < -0.4 is 4.90 Å². The number of carbonyl (C=O) groups excluding carboxylic acids is 1. The van der Waals surface area contributed by atoms with Crippen LogP contribution in [0.4, 0.5) is 5.95 Å². The zero-order valence-electron chi connectivity index (χ0n) is 17.3. The first-order valence-corrected chi connectivity index (χ1v) is 11.5. The highest BCUT2D eigenvalue weighted by molar-refractivity contribution is 7.98. The molecule has 4 heterocycles. The molecule has 0 N–H and O–H groups in total. The predicted octanol–water partition coefficient (Wildman–Crippen LogP) is 3.58. The molecular formula is C21H26N6O2S. The Morgan fingerprint density at radius 2 is 2.03 bits per heavy atom. The summed E-state index contributed by atoms with van der Waals surface area (Å²) in [5.74, 6) is 2.11. The van der Waals surface area contributed by atoms with E-state index in [2.05, 4.69) is 31.6 Å². The van der Waals surface area contributed by atoms with E-state index in [0.29, 0.717) is 23.0 Å². The number of thioether (sulfide) groups is 1. The fraction of sp³-hybridized carbons (Fsp3) is 0.524. The maximum Gasteiger partial charge on any atom is 0.341 e. The number of nitrogens with zero attached hydrogens (tertiary/aromatic N) is 6. The van der Waals surface area contributed by atoms with Gasteiger partial charge in [0.1, 0.15) is 5.56 Å². The average molecular weight is 427 g/mol. The molecule has 158 valence electrons. The first-order chi connectivity index (χ1) is 14.6. The Morgan fingerprint density at radius 1 is 1.23 bits per heavy atom. The van der Waals surface area contributed by atoms with Gasteiger partial charge in [0.25, 0.3) is 0 Å². The number of ether oxygens (including phenoxy) is 1. The molecular weight excluding hydrogens is 400 g/mol. The number of esters is 1. The Bertz CT molecular complexity index is 1060. The van der Waals surface area contributed by atoms with Gasteiger partial charge >= 0.3 is 5.97 Å². The molecule has 9 heteroatoms. The van der Waals surface area contributed by atoms with Gasteiger partial charge in [-0.1, -0.05) is 18.7 Å². The smallest absolute Gasteiger partial charge is 0.341 e. The van der Waals surface area contributed by atoms with Crippen LogP contribution in [0.25, 0.3) is 5.65 Å². The third-order valence-corrected chi connectivity index (χ3v) is 6.89. The van der Waals surface area contributed by atoms with E-state index < -0.39 is 0 Å². The number of hydrogen-bond acceptors (Lipinski definition) is 7. The van der Waals surface area contributed by atoms with Crippen molar-refractivity contribution < 1.29 is 9.53 Å². The molecule has 0 amide bonds. The monoisotopic (exact) mass is 426 g/mol. The number of methoxy groups -OCH3 is 1. The van der Waals surface area contributed by atoms with Gasteiger partial charge in [0.2, 0.25) is 5.95 Å². The van der Waals surface area contributed by atoms with Crippen molar-refractivity contribution in [3.05, 3.63) is 35.8 Å². The van der Waals surface area contributed by atoms with Crippen LogP contribution in [0.2, 0.25) is 0 Å². The lowest BCUT2D eigenvalue weighted by atomic mass is 10.00. The van der Waals surface area contributed by atoms with Crippen LogP contribution in [0, 0.1) is 5.92 Å². The third-order valence-electron chi connectivity index (χ3n) is 5.91. The number of fused-ring (bicyclic) bond motifs is 1. The van der Waals surface area contributed by atoms with E-state index in [1.807, 2.05) is 22.9 Å². The highest BCUT2D eigenvalue weighted by Gasteiger charge is 2.32. The van der Waals surface area contributed by atoms with Gasteiger partial charge in [-0.3, -0.25) is 4.57 Å². The van der Waals surface area contributed by atoms with Crippen LogP contribution in [0.15, 0.2) is 29.7 Å². The number of pyridine rings is 1. The molecule has 30 heavy (non-hydrogen) atoms. The van der Waals surface area contributed by atoms with Crippen molar-refractivity contribution >= 4 is 29.3 Å². The lowest BCUT2D eigenvalue weighted by Crippen LogP contribution is -2.34. The summed E-state index contributed by atoms with van der Waals surface area (Å²) in [6, 6.07) is 4.08. The predicted molar refractivity (Wildman–Crippen MR) is 115 cm³/mol. The number of aromatic nitrogens is 5. The van der Waals surface area contributed by atoms with Crippen molar-refractivity contribution in [3.8, 4) is 0 Å². The molecule has 0 atom stereocenters. The zero-order chi connectivity index (χ0) is 20.7. The van der Waals surface area contributed by atoms with Crippen LogP contribution in [0.5, 0.6) is 0 Å². The van der Waals surface area contributed by atoms with Crippen molar-refractivity contribution in [1.29, 1.82) is 0 Å². The van der Waals surface area contributed by atoms with Gasteiger partial charge in [-0.25, -0.2) is 9.78 Å². The molecule has 0 spiro atoms. The SMILES string of the molecule is COC(=O)c1cccn2cc(CSc3nnc(N4CCC(C)CC4)n3C3CC3)nc12. The Kier molecular flexibility index (Phi) is 5.14. The van der Waals surface area contributed by atoms with Crippen molar-refractivity contribution in [3.63, 3.8) is 0 Å². The van der Waals surface area contributed by atoms with Gasteiger partial charge in [0.15, 0.2) is 10.8 Å². The summed E-state index contributed by atoms with van der Waals surface area (Å²) in [5, 5.41) is 10.0. The minimum Gasteiger partial charge on any atom is -0.465 e. The minimum atomic E-state index is -0.376. The zero-order valence-corrected chi connectivity index (χ0v) is 18.1. The lowest BCUT2D eigenvalue weighted by Gasteiger charge is -2.31. The fourth-order valence-corrected chi connectivity index (χ4v) is 4.87. The molecule has 0 bridgehead atoms. The van der Waals surface area contributed by atoms with E-state index in [0.717, 1.165) is 35.8 Å². The second-order valence-electron chi connectivity index (χ2n) is 8.22. The van der Waals surface area contributed by atoms with Gasteiger partial charge in [0.05, 0.1) is 12.8 Å². The average Bonchev–Trinajstić information content (AvgIpc) is 3.37. The topological polar surface area (TPSA) is 77.5 Å². The maximum atomic E-state index is 12.0. The molecule has 8 nitrogen and oxygen atoms in total. The number of rotatable bonds is 6. The van der Waals surface area contributed by atoms with E-state index in [4.69, 9.17) is 4.74 Å². The minimum absolute atomic E-state index is 0.376. The van der Waals surface area contributed by atoms with Crippen LogP contribution in [0.3, 0.4) is 0 Å². The first-order valence-electron chi connectivity index (χ1n) is 10.5. The Morgan fingerprint density at radius 3 is 2.77 bits per heavy atom. The number of piperidine rings is 1. The van der Waals surface area contributed by atoms with Crippen LogP contribution in [0.1, 0.15) is 54.7 Å². The summed E-state index contributed by atoms with van der Waals surface area (Å²) in [4.78, 5) is 19.1. The van der Waals surface area contributed by atoms with Crippen LogP contribution in [-0.2, 0) is 10.5 Å². The largest absolute Gasteiger partial charge is 0.465 e. The summed E-state index contributed by atoms with van der Waals surface area (Å²) in [7, 11) is 1.39. The molecule has 2 fully saturated rings. The lowest BCUT2D eigenvalue weighted by molar-refractivity contribution is 0.0602. The molecule has 1 saturated carbocycles. The van der Waals surface area contributed by atoms with Gasteiger partial charge in [-0.2, -0.15) is 0 Å². The first kappa shape index (κ1) is 19.4. The summed E-state index contributed by atoms with van der Waals surface area (Å²) in [6.07, 6.45) is 8.66.